The van der Waals surface area contributed by atoms with E-state index in [2.05, 4.69) is 56.8 Å². The van der Waals surface area contributed by atoms with E-state index in [0.717, 1.165) is 24.0 Å². The summed E-state index contributed by atoms with van der Waals surface area (Å²) in [7, 11) is 1.59. The third-order valence-electron chi connectivity index (χ3n) is 5.61. The molecule has 1 atom stereocenters. The van der Waals surface area contributed by atoms with E-state index in [1.165, 1.54) is 11.3 Å². The molecule has 192 valence electrons. The van der Waals surface area contributed by atoms with E-state index in [1.54, 1.807) is 31.6 Å². The van der Waals surface area contributed by atoms with Crippen LogP contribution in [0.25, 0.3) is 6.08 Å². The summed E-state index contributed by atoms with van der Waals surface area (Å²) in [5.41, 5.74) is 2.28. The lowest BCUT2D eigenvalue weighted by Crippen LogP contribution is -2.39. The Bertz CT molecular complexity index is 1550. The number of esters is 1. The number of thiazole rings is 1. The van der Waals surface area contributed by atoms with E-state index in [1.807, 2.05) is 42.5 Å². The maximum atomic E-state index is 13.8. The van der Waals surface area contributed by atoms with Crippen LogP contribution in [0.5, 0.6) is 11.5 Å². The van der Waals surface area contributed by atoms with Crippen LogP contribution in [0.4, 0.5) is 0 Å². The van der Waals surface area contributed by atoms with Crippen LogP contribution in [-0.2, 0) is 9.53 Å². The Kier molecular flexibility index (Phi) is 8.90. The fourth-order valence-corrected chi connectivity index (χ4v) is 7.16. The molecule has 0 saturated heterocycles. The number of methoxy groups -OCH3 is 1. The number of nitrogens with zero attached hydrogens (tertiary/aromatic N) is 2. The van der Waals surface area contributed by atoms with Gasteiger partial charge in [-0.25, -0.2) is 9.79 Å². The van der Waals surface area contributed by atoms with Crippen molar-refractivity contribution in [2.45, 2.75) is 19.9 Å². The van der Waals surface area contributed by atoms with E-state index in [9.17, 15) is 9.59 Å². The molecule has 4 rings (SSSR count). The van der Waals surface area contributed by atoms with Crippen molar-refractivity contribution >= 4 is 68.6 Å². The van der Waals surface area contributed by atoms with E-state index in [-0.39, 0.29) is 12.2 Å². The largest absolute Gasteiger partial charge is 0.497 e. The zero-order valence-corrected chi connectivity index (χ0v) is 25.5. The van der Waals surface area contributed by atoms with Crippen molar-refractivity contribution in [1.82, 2.24) is 4.57 Å². The molecule has 1 aromatic heterocycles. The monoisotopic (exact) mass is 742 g/mol. The van der Waals surface area contributed by atoms with E-state index in [0.29, 0.717) is 33.0 Å². The minimum atomic E-state index is -0.668. The van der Waals surface area contributed by atoms with E-state index < -0.39 is 12.0 Å². The minimum Gasteiger partial charge on any atom is -0.497 e. The van der Waals surface area contributed by atoms with Crippen LogP contribution in [-0.4, -0.2) is 30.9 Å². The number of hydrogen-bond donors (Lipinski definition) is 0. The number of rotatable bonds is 8. The predicted molar refractivity (Wildman–Crippen MR) is 161 cm³/mol. The molecule has 0 bridgehead atoms. The molecule has 1 aliphatic heterocycles. The predicted octanol–water partition coefficient (Wildman–Crippen LogP) is 4.58. The Morgan fingerprint density at radius 1 is 1.22 bits per heavy atom. The van der Waals surface area contributed by atoms with E-state index in [4.69, 9.17) is 14.2 Å². The van der Waals surface area contributed by atoms with Crippen LogP contribution in [0.15, 0.2) is 70.1 Å². The smallest absolute Gasteiger partial charge is 0.338 e. The average Bonchev–Trinajstić information content (AvgIpc) is 3.17. The summed E-state index contributed by atoms with van der Waals surface area (Å²) in [6, 6.07) is 10.6. The summed E-state index contributed by atoms with van der Waals surface area (Å²) in [5.74, 6) is 0.978. The Labute approximate surface area is 245 Å². The van der Waals surface area contributed by atoms with Crippen molar-refractivity contribution in [3.63, 3.8) is 0 Å². The van der Waals surface area contributed by atoms with Gasteiger partial charge in [-0.1, -0.05) is 36.1 Å². The van der Waals surface area contributed by atoms with Gasteiger partial charge in [-0.15, -0.1) is 0 Å². The standard InChI is InChI=1S/C27H24I2N2O5S/c1-5-11-36-24-19(28)12-16(13-20(24)29)14-21-25(32)31-23(17-7-9-18(34-4)10-8-17)22(26(33)35-6-2)15(3)30-27(31)37-21/h5,7-10,12-14,23H,1,6,11H2,2-4H3/b21-14+. The molecular formula is C27H24I2N2O5S. The molecule has 0 N–H and O–H groups in total. The van der Waals surface area contributed by atoms with Gasteiger partial charge in [0.15, 0.2) is 4.80 Å². The highest BCUT2D eigenvalue weighted by Crippen LogP contribution is 2.32. The van der Waals surface area contributed by atoms with Crippen molar-refractivity contribution in [1.29, 1.82) is 0 Å². The van der Waals surface area contributed by atoms with Gasteiger partial charge < -0.3 is 14.2 Å². The van der Waals surface area contributed by atoms with Gasteiger partial charge in [0.25, 0.3) is 5.56 Å². The number of allylic oxidation sites excluding steroid dienone is 1. The van der Waals surface area contributed by atoms with E-state index >= 15 is 0 Å². The first-order valence-electron chi connectivity index (χ1n) is 11.3. The highest BCUT2D eigenvalue weighted by atomic mass is 127. The molecule has 10 heteroatoms. The van der Waals surface area contributed by atoms with Crippen molar-refractivity contribution in [2.24, 2.45) is 4.99 Å². The maximum Gasteiger partial charge on any atom is 0.338 e. The van der Waals surface area contributed by atoms with Gasteiger partial charge in [0, 0.05) is 0 Å². The third kappa shape index (κ3) is 5.70. The van der Waals surface area contributed by atoms with Crippen molar-refractivity contribution in [2.75, 3.05) is 20.3 Å². The number of halogens is 2. The molecule has 0 aliphatic carbocycles. The van der Waals surface area contributed by atoms with Gasteiger partial charge in [-0.2, -0.15) is 0 Å². The van der Waals surface area contributed by atoms with Crippen LogP contribution in [0.3, 0.4) is 0 Å². The fraction of sp³-hybridized carbons (Fsp3) is 0.222. The number of hydrogen-bond acceptors (Lipinski definition) is 7. The molecule has 0 saturated carbocycles. The first-order valence-corrected chi connectivity index (χ1v) is 14.3. The molecule has 0 radical (unpaired) electrons. The number of carbonyl (C=O) groups excluding carboxylic acids is 1. The molecule has 2 aromatic carbocycles. The Balaban J connectivity index is 1.88. The molecule has 3 aromatic rings. The van der Waals surface area contributed by atoms with Gasteiger partial charge in [0.2, 0.25) is 0 Å². The number of fused-ring (bicyclic) bond motifs is 1. The number of benzene rings is 2. The maximum absolute atomic E-state index is 13.8. The lowest BCUT2D eigenvalue weighted by molar-refractivity contribution is -0.139. The average molecular weight is 742 g/mol. The summed E-state index contributed by atoms with van der Waals surface area (Å²) in [6.07, 6.45) is 3.55. The zero-order chi connectivity index (χ0) is 26.7. The van der Waals surface area contributed by atoms with Crippen molar-refractivity contribution in [3.05, 3.63) is 98.3 Å². The second kappa shape index (κ2) is 11.9. The van der Waals surface area contributed by atoms with Gasteiger partial charge in [0.1, 0.15) is 18.1 Å². The fourth-order valence-electron chi connectivity index (χ4n) is 3.99. The van der Waals surface area contributed by atoms with Crippen LogP contribution in [0.2, 0.25) is 0 Å². The van der Waals surface area contributed by atoms with Crippen molar-refractivity contribution in [3.8, 4) is 11.5 Å². The van der Waals surface area contributed by atoms with Gasteiger partial charge in [-0.05, 0) is 100 Å². The molecule has 0 spiro atoms. The summed E-state index contributed by atoms with van der Waals surface area (Å²) in [5, 5.41) is 0. The zero-order valence-electron chi connectivity index (χ0n) is 20.4. The number of ether oxygens (including phenoxy) is 3. The lowest BCUT2D eigenvalue weighted by Gasteiger charge is -2.24. The topological polar surface area (TPSA) is 79.1 Å². The first-order chi connectivity index (χ1) is 17.8. The summed E-state index contributed by atoms with van der Waals surface area (Å²) < 4.78 is 20.4. The highest BCUT2D eigenvalue weighted by Gasteiger charge is 2.33. The Morgan fingerprint density at radius 3 is 2.49 bits per heavy atom. The molecule has 2 heterocycles. The van der Waals surface area contributed by atoms with Crippen LogP contribution < -0.4 is 24.4 Å². The summed E-state index contributed by atoms with van der Waals surface area (Å²) >= 11 is 5.74. The third-order valence-corrected chi connectivity index (χ3v) is 8.20. The van der Waals surface area contributed by atoms with Crippen LogP contribution in [0, 0.1) is 7.14 Å². The molecule has 0 amide bonds. The van der Waals surface area contributed by atoms with Gasteiger partial charge >= 0.3 is 5.97 Å². The molecule has 7 nitrogen and oxygen atoms in total. The Morgan fingerprint density at radius 2 is 1.89 bits per heavy atom. The summed E-state index contributed by atoms with van der Waals surface area (Å²) in [6.45, 7) is 7.86. The molecular weight excluding hydrogens is 718 g/mol. The number of aromatic nitrogens is 1. The molecule has 37 heavy (non-hydrogen) atoms. The highest BCUT2D eigenvalue weighted by molar-refractivity contribution is 14.1. The number of carbonyl (C=O) groups is 1. The lowest BCUT2D eigenvalue weighted by atomic mass is 9.96. The second-order valence-electron chi connectivity index (χ2n) is 7.99. The minimum absolute atomic E-state index is 0.221. The quantitative estimate of drug-likeness (QED) is 0.192. The van der Waals surface area contributed by atoms with Gasteiger partial charge in [-0.3, -0.25) is 9.36 Å². The van der Waals surface area contributed by atoms with Crippen molar-refractivity contribution < 1.29 is 19.0 Å². The van der Waals surface area contributed by atoms with Gasteiger partial charge in [0.05, 0.1) is 42.7 Å². The summed E-state index contributed by atoms with van der Waals surface area (Å²) in [4.78, 5) is 31.9. The van der Waals surface area contributed by atoms with Crippen LogP contribution in [0.1, 0.15) is 31.0 Å². The normalized spacial score (nSPS) is 15.2. The SMILES string of the molecule is C=CCOc1c(I)cc(/C=c2/sc3n(c2=O)C(c2ccc(OC)cc2)C(C(=O)OCC)=C(C)N=3)cc1I. The van der Waals surface area contributed by atoms with Crippen LogP contribution >= 0.6 is 56.5 Å². The first kappa shape index (κ1) is 27.6. The Hall–Kier alpha value is -2.45. The molecule has 1 aliphatic rings. The second-order valence-corrected chi connectivity index (χ2v) is 11.3. The molecule has 0 fully saturated rings. The molecule has 1 unspecified atom stereocenters.